The summed E-state index contributed by atoms with van der Waals surface area (Å²) < 4.78 is 0. The van der Waals surface area contributed by atoms with E-state index in [9.17, 15) is 0 Å². The molecule has 0 aromatic heterocycles. The number of nitrogens with zero attached hydrogens (tertiary/aromatic N) is 2. The van der Waals surface area contributed by atoms with E-state index in [2.05, 4.69) is 46.6 Å². The number of hydrogen-bond acceptors (Lipinski definition) is 6. The second-order valence-electron chi connectivity index (χ2n) is 4.94. The number of amidine groups is 2. The molecule has 0 amide bonds. The van der Waals surface area contributed by atoms with E-state index in [-0.39, 0.29) is 0 Å². The lowest BCUT2D eigenvalue weighted by atomic mass is 10.2. The van der Waals surface area contributed by atoms with Gasteiger partial charge >= 0.3 is 0 Å². The number of para-hydroxylation sites is 2. The predicted octanol–water partition coefficient (Wildman–Crippen LogP) is 3.49. The van der Waals surface area contributed by atoms with Crippen molar-refractivity contribution in [1.82, 2.24) is 0 Å². The molecule has 4 nitrogen and oxygen atoms in total. The highest BCUT2D eigenvalue weighted by Gasteiger charge is 2.18. The maximum Gasteiger partial charge on any atom is 0.161 e. The van der Waals surface area contributed by atoms with Gasteiger partial charge in [0.15, 0.2) is 10.3 Å². The van der Waals surface area contributed by atoms with Crippen molar-refractivity contribution in [3.63, 3.8) is 0 Å². The Bertz CT molecular complexity index is 507. The lowest BCUT2D eigenvalue weighted by Crippen LogP contribution is -2.11. The van der Waals surface area contributed by atoms with Gasteiger partial charge in [-0.3, -0.25) is 9.98 Å². The average molecular weight is 306 g/mol. The van der Waals surface area contributed by atoms with Gasteiger partial charge in [-0.15, -0.1) is 0 Å². The zero-order valence-corrected chi connectivity index (χ0v) is 13.2. The molecule has 6 heteroatoms. The largest absolute Gasteiger partial charge is 0.333 e. The molecule has 0 saturated heterocycles. The molecular formula is C14H18N4S2. The fourth-order valence-electron chi connectivity index (χ4n) is 2.02. The molecule has 2 N–H and O–H groups in total. The topological polar surface area (TPSA) is 48.8 Å². The van der Waals surface area contributed by atoms with Crippen LogP contribution in [-0.2, 0) is 0 Å². The summed E-state index contributed by atoms with van der Waals surface area (Å²) in [6.07, 6.45) is 0. The van der Waals surface area contributed by atoms with E-state index >= 15 is 0 Å². The van der Waals surface area contributed by atoms with Crippen LogP contribution in [0.15, 0.2) is 34.3 Å². The lowest BCUT2D eigenvalue weighted by molar-refractivity contribution is 0.976. The molecule has 0 spiro atoms. The minimum atomic E-state index is 0.563. The van der Waals surface area contributed by atoms with Gasteiger partial charge in [0.05, 0.1) is 24.5 Å². The van der Waals surface area contributed by atoms with Gasteiger partial charge in [-0.2, -0.15) is 0 Å². The van der Waals surface area contributed by atoms with Crippen LogP contribution in [0.5, 0.6) is 0 Å². The molecule has 20 heavy (non-hydrogen) atoms. The summed E-state index contributed by atoms with van der Waals surface area (Å²) in [5.41, 5.74) is 2.10. The van der Waals surface area contributed by atoms with Crippen LogP contribution in [0.25, 0.3) is 0 Å². The number of aliphatic imine (C=N–C) groups is 2. The molecular weight excluding hydrogens is 288 g/mol. The number of nitrogens with one attached hydrogen (secondary N) is 2. The van der Waals surface area contributed by atoms with E-state index in [0.717, 1.165) is 34.8 Å². The van der Waals surface area contributed by atoms with E-state index in [1.165, 1.54) is 0 Å². The molecule has 0 bridgehead atoms. The van der Waals surface area contributed by atoms with Crippen molar-refractivity contribution in [2.45, 2.75) is 24.3 Å². The molecule has 0 radical (unpaired) electrons. The zero-order valence-electron chi connectivity index (χ0n) is 11.6. The predicted molar refractivity (Wildman–Crippen MR) is 92.4 cm³/mol. The van der Waals surface area contributed by atoms with Crippen molar-refractivity contribution in [3.05, 3.63) is 24.3 Å². The van der Waals surface area contributed by atoms with E-state index in [1.807, 2.05) is 12.1 Å². The van der Waals surface area contributed by atoms with Gasteiger partial charge in [0.25, 0.3) is 0 Å². The number of rotatable bonds is 2. The number of anilines is 2. The van der Waals surface area contributed by atoms with Crippen LogP contribution < -0.4 is 10.6 Å². The first kappa shape index (κ1) is 13.8. The fourth-order valence-corrected chi connectivity index (χ4v) is 3.72. The van der Waals surface area contributed by atoms with Crippen LogP contribution in [0.4, 0.5) is 11.4 Å². The molecule has 0 fully saturated rings. The molecule has 2 heterocycles. The highest BCUT2D eigenvalue weighted by molar-refractivity contribution is 8.15. The fraction of sp³-hybridized carbons (Fsp3) is 0.429. The van der Waals surface area contributed by atoms with Crippen LogP contribution in [0.3, 0.4) is 0 Å². The van der Waals surface area contributed by atoms with Crippen LogP contribution in [0, 0.1) is 0 Å². The van der Waals surface area contributed by atoms with Crippen molar-refractivity contribution in [2.24, 2.45) is 9.98 Å². The summed E-state index contributed by atoms with van der Waals surface area (Å²) in [5.74, 6) is 0. The van der Waals surface area contributed by atoms with Gasteiger partial charge in [-0.1, -0.05) is 49.5 Å². The SMILES string of the molecule is C[C@@H]1CN=C(Nc2ccccc2NC2=NC[C@@H](C)S2)S1. The molecule has 0 saturated carbocycles. The standard InChI is InChI=1S/C14H18N4S2/c1-9-7-15-13(19-9)17-11-5-3-4-6-12(11)18-14-16-8-10(2)20-14/h3-6,9-10H,7-8H2,1-2H3,(H,15,17)(H,16,18)/t9-,10-/m1/s1. The molecule has 106 valence electrons. The van der Waals surface area contributed by atoms with Crippen molar-refractivity contribution >= 4 is 45.2 Å². The van der Waals surface area contributed by atoms with Crippen LogP contribution in [0.2, 0.25) is 0 Å². The highest BCUT2D eigenvalue weighted by atomic mass is 32.2. The molecule has 2 atom stereocenters. The summed E-state index contributed by atoms with van der Waals surface area (Å²) in [6, 6.07) is 8.20. The van der Waals surface area contributed by atoms with Crippen molar-refractivity contribution < 1.29 is 0 Å². The summed E-state index contributed by atoms with van der Waals surface area (Å²) in [6.45, 7) is 6.17. The Morgan fingerprint density at radius 2 is 1.35 bits per heavy atom. The Hall–Kier alpha value is -1.14. The molecule has 0 aliphatic carbocycles. The molecule has 2 aliphatic heterocycles. The van der Waals surface area contributed by atoms with Crippen LogP contribution in [0.1, 0.15) is 13.8 Å². The number of thioether (sulfide) groups is 2. The van der Waals surface area contributed by atoms with Crippen LogP contribution >= 0.6 is 23.5 Å². The normalized spacial score (nSPS) is 25.3. The molecule has 1 aromatic rings. The second-order valence-corrected chi connectivity index (χ2v) is 7.80. The van der Waals surface area contributed by atoms with Crippen molar-refractivity contribution in [2.75, 3.05) is 23.7 Å². The maximum atomic E-state index is 4.50. The molecule has 0 unspecified atom stereocenters. The first-order chi connectivity index (χ1) is 9.70. The van der Waals surface area contributed by atoms with E-state index in [4.69, 9.17) is 0 Å². The quantitative estimate of drug-likeness (QED) is 0.878. The summed E-state index contributed by atoms with van der Waals surface area (Å²) in [5, 5.41) is 9.95. The minimum absolute atomic E-state index is 0.563. The summed E-state index contributed by atoms with van der Waals surface area (Å²) >= 11 is 3.58. The van der Waals surface area contributed by atoms with Gasteiger partial charge in [-0.25, -0.2) is 0 Å². The van der Waals surface area contributed by atoms with E-state index in [0.29, 0.717) is 10.5 Å². The van der Waals surface area contributed by atoms with Gasteiger partial charge < -0.3 is 10.6 Å². The Kier molecular flexibility index (Phi) is 4.21. The van der Waals surface area contributed by atoms with Gasteiger partial charge in [-0.05, 0) is 12.1 Å². The van der Waals surface area contributed by atoms with E-state index < -0.39 is 0 Å². The van der Waals surface area contributed by atoms with Gasteiger partial charge in [0, 0.05) is 10.5 Å². The average Bonchev–Trinajstić information content (AvgIpc) is 3.01. The van der Waals surface area contributed by atoms with Crippen molar-refractivity contribution in [3.8, 4) is 0 Å². The lowest BCUT2D eigenvalue weighted by Gasteiger charge is -2.13. The Morgan fingerprint density at radius 3 is 1.70 bits per heavy atom. The Balaban J connectivity index is 1.71. The summed E-state index contributed by atoms with van der Waals surface area (Å²) in [4.78, 5) is 9.00. The molecule has 1 aromatic carbocycles. The first-order valence-electron chi connectivity index (χ1n) is 6.76. The third kappa shape index (κ3) is 3.30. The second kappa shape index (κ2) is 6.10. The Labute approximate surface area is 127 Å². The maximum absolute atomic E-state index is 4.50. The van der Waals surface area contributed by atoms with Crippen LogP contribution in [-0.4, -0.2) is 33.9 Å². The highest BCUT2D eigenvalue weighted by Crippen LogP contribution is 2.29. The monoisotopic (exact) mass is 306 g/mol. The van der Waals surface area contributed by atoms with Gasteiger partial charge in [0.1, 0.15) is 0 Å². The van der Waals surface area contributed by atoms with Crippen molar-refractivity contribution in [1.29, 1.82) is 0 Å². The number of benzene rings is 1. The molecule has 2 aliphatic rings. The third-order valence-corrected chi connectivity index (χ3v) is 5.03. The number of hydrogen-bond donors (Lipinski definition) is 2. The summed E-state index contributed by atoms with van der Waals surface area (Å²) in [7, 11) is 0. The smallest absolute Gasteiger partial charge is 0.161 e. The van der Waals surface area contributed by atoms with E-state index in [1.54, 1.807) is 23.5 Å². The molecule has 3 rings (SSSR count). The minimum Gasteiger partial charge on any atom is -0.333 e. The Morgan fingerprint density at radius 1 is 0.900 bits per heavy atom. The van der Waals surface area contributed by atoms with Gasteiger partial charge in [0.2, 0.25) is 0 Å². The zero-order chi connectivity index (χ0) is 13.9. The first-order valence-corrected chi connectivity index (χ1v) is 8.52. The third-order valence-electron chi connectivity index (χ3n) is 3.02.